The number of amides is 1. The van der Waals surface area contributed by atoms with Crippen LogP contribution in [0.3, 0.4) is 0 Å². The molecule has 0 aliphatic carbocycles. The molecule has 0 aliphatic rings. The van der Waals surface area contributed by atoms with Gasteiger partial charge in [0.25, 0.3) is 0 Å². The first-order valence-electron chi connectivity index (χ1n) is 5.82. The Kier molecular flexibility index (Phi) is 3.84. The highest BCUT2D eigenvalue weighted by molar-refractivity contribution is 7.90. The molecule has 1 aromatic carbocycles. The molecule has 6 nitrogen and oxygen atoms in total. The summed E-state index contributed by atoms with van der Waals surface area (Å²) in [5, 5.41) is 2.64. The number of H-pyrrole nitrogens is 1. The molecular formula is C12H15N3O3S. The smallest absolute Gasteiger partial charge is 0.221 e. The Bertz CT molecular complexity index is 658. The van der Waals surface area contributed by atoms with Gasteiger partial charge in [0.2, 0.25) is 5.91 Å². The van der Waals surface area contributed by atoms with Gasteiger partial charge in [-0.2, -0.15) is 0 Å². The molecule has 0 atom stereocenters. The van der Waals surface area contributed by atoms with Gasteiger partial charge in [0.15, 0.2) is 0 Å². The summed E-state index contributed by atoms with van der Waals surface area (Å²) in [6, 6.07) is 7.56. The van der Waals surface area contributed by atoms with Crippen molar-refractivity contribution in [2.45, 2.75) is 13.0 Å². The summed E-state index contributed by atoms with van der Waals surface area (Å²) in [5.41, 5.74) is 1.74. The minimum atomic E-state index is -3.11. The first kappa shape index (κ1) is 13.5. The van der Waals surface area contributed by atoms with Crippen LogP contribution in [0.4, 0.5) is 0 Å². The minimum Gasteiger partial charge on any atom is -0.349 e. The number of fused-ring (bicyclic) bond motifs is 1. The summed E-state index contributed by atoms with van der Waals surface area (Å²) in [5.74, 6) is 0.207. The molecule has 0 bridgehead atoms. The third-order valence-corrected chi connectivity index (χ3v) is 3.54. The number of carbonyl (C=O) groups is 1. The number of nitrogens with zero attached hydrogens (tertiary/aromatic N) is 1. The van der Waals surface area contributed by atoms with E-state index in [0.29, 0.717) is 5.82 Å². The lowest BCUT2D eigenvalue weighted by atomic mass is 10.3. The summed E-state index contributed by atoms with van der Waals surface area (Å²) in [7, 11) is -3.11. The van der Waals surface area contributed by atoms with Gasteiger partial charge in [0.05, 0.1) is 23.3 Å². The summed E-state index contributed by atoms with van der Waals surface area (Å²) in [4.78, 5) is 18.8. The Morgan fingerprint density at radius 2 is 2.11 bits per heavy atom. The molecule has 2 aromatic rings. The maximum Gasteiger partial charge on any atom is 0.221 e. The molecule has 0 saturated heterocycles. The molecule has 2 N–H and O–H groups in total. The molecule has 1 aromatic heterocycles. The standard InChI is InChI=1S/C12H15N3O3S/c1-19(17,18)7-6-12(16)13-8-11-14-9-4-2-3-5-10(9)15-11/h2-5H,6-8H2,1H3,(H,13,16)(H,14,15). The van der Waals surface area contributed by atoms with Crippen molar-refractivity contribution < 1.29 is 13.2 Å². The van der Waals surface area contributed by atoms with Crippen LogP contribution in [0.5, 0.6) is 0 Å². The fraction of sp³-hybridized carbons (Fsp3) is 0.333. The number of hydrogen-bond acceptors (Lipinski definition) is 4. The van der Waals surface area contributed by atoms with E-state index in [9.17, 15) is 13.2 Å². The number of rotatable bonds is 5. The molecule has 19 heavy (non-hydrogen) atoms. The molecule has 0 fully saturated rings. The lowest BCUT2D eigenvalue weighted by Crippen LogP contribution is -2.25. The molecule has 0 aliphatic heterocycles. The van der Waals surface area contributed by atoms with Crippen molar-refractivity contribution in [1.29, 1.82) is 0 Å². The average molecular weight is 281 g/mol. The topological polar surface area (TPSA) is 91.9 Å². The zero-order valence-electron chi connectivity index (χ0n) is 10.5. The first-order valence-corrected chi connectivity index (χ1v) is 7.88. The first-order chi connectivity index (χ1) is 8.94. The van der Waals surface area contributed by atoms with Gasteiger partial charge in [-0.15, -0.1) is 0 Å². The van der Waals surface area contributed by atoms with E-state index >= 15 is 0 Å². The van der Waals surface area contributed by atoms with Crippen LogP contribution in [-0.4, -0.2) is 36.3 Å². The van der Waals surface area contributed by atoms with Crippen molar-refractivity contribution in [3.8, 4) is 0 Å². The predicted molar refractivity (Wildman–Crippen MR) is 72.3 cm³/mol. The lowest BCUT2D eigenvalue weighted by Gasteiger charge is -2.02. The molecule has 1 heterocycles. The highest BCUT2D eigenvalue weighted by Gasteiger charge is 2.08. The summed E-state index contributed by atoms with van der Waals surface area (Å²) >= 11 is 0. The van der Waals surface area contributed by atoms with Crippen LogP contribution < -0.4 is 5.32 Å². The molecule has 0 radical (unpaired) electrons. The lowest BCUT2D eigenvalue weighted by molar-refractivity contribution is -0.120. The maximum atomic E-state index is 11.5. The quantitative estimate of drug-likeness (QED) is 0.840. The normalized spacial score (nSPS) is 11.6. The van der Waals surface area contributed by atoms with E-state index < -0.39 is 9.84 Å². The van der Waals surface area contributed by atoms with Gasteiger partial charge in [0, 0.05) is 12.7 Å². The number of aromatic nitrogens is 2. The molecule has 2 rings (SSSR count). The molecule has 7 heteroatoms. The van der Waals surface area contributed by atoms with Gasteiger partial charge in [-0.3, -0.25) is 4.79 Å². The van der Waals surface area contributed by atoms with Gasteiger partial charge in [0.1, 0.15) is 15.7 Å². The third-order valence-electron chi connectivity index (χ3n) is 2.59. The number of carbonyl (C=O) groups excluding carboxylic acids is 1. The summed E-state index contributed by atoms with van der Waals surface area (Å²) in [6.07, 6.45) is 1.08. The molecule has 0 unspecified atom stereocenters. The van der Waals surface area contributed by atoms with E-state index in [0.717, 1.165) is 17.3 Å². The summed E-state index contributed by atoms with van der Waals surface area (Å²) in [6.45, 7) is 0.261. The van der Waals surface area contributed by atoms with E-state index in [-0.39, 0.29) is 24.6 Å². The van der Waals surface area contributed by atoms with Crippen molar-refractivity contribution in [2.75, 3.05) is 12.0 Å². The number of benzene rings is 1. The van der Waals surface area contributed by atoms with E-state index in [1.807, 2.05) is 24.3 Å². The van der Waals surface area contributed by atoms with Crippen LogP contribution in [0, 0.1) is 0 Å². The second-order valence-electron chi connectivity index (χ2n) is 4.36. The molecular weight excluding hydrogens is 266 g/mol. The van der Waals surface area contributed by atoms with Gasteiger partial charge in [-0.05, 0) is 12.1 Å². The van der Waals surface area contributed by atoms with E-state index in [4.69, 9.17) is 0 Å². The number of sulfone groups is 1. The molecule has 1 amide bonds. The Morgan fingerprint density at radius 3 is 2.79 bits per heavy atom. The van der Waals surface area contributed by atoms with Crippen molar-refractivity contribution in [3.05, 3.63) is 30.1 Å². The van der Waals surface area contributed by atoms with Crippen molar-refractivity contribution in [2.24, 2.45) is 0 Å². The van der Waals surface area contributed by atoms with Crippen LogP contribution in [0.25, 0.3) is 11.0 Å². The Morgan fingerprint density at radius 1 is 1.37 bits per heavy atom. The average Bonchev–Trinajstić information content (AvgIpc) is 2.75. The summed E-state index contributed by atoms with van der Waals surface area (Å²) < 4.78 is 21.9. The highest BCUT2D eigenvalue weighted by Crippen LogP contribution is 2.09. The molecule has 0 saturated carbocycles. The van der Waals surface area contributed by atoms with E-state index in [2.05, 4.69) is 15.3 Å². The zero-order chi connectivity index (χ0) is 13.9. The van der Waals surface area contributed by atoms with Crippen LogP contribution in [0.2, 0.25) is 0 Å². The van der Waals surface area contributed by atoms with Crippen molar-refractivity contribution >= 4 is 26.8 Å². The number of imidazole rings is 1. The van der Waals surface area contributed by atoms with E-state index in [1.165, 1.54) is 0 Å². The van der Waals surface area contributed by atoms with Crippen molar-refractivity contribution in [3.63, 3.8) is 0 Å². The Hall–Kier alpha value is -1.89. The van der Waals surface area contributed by atoms with Gasteiger partial charge >= 0.3 is 0 Å². The number of aromatic amines is 1. The second-order valence-corrected chi connectivity index (χ2v) is 6.62. The van der Waals surface area contributed by atoms with Gasteiger partial charge in [-0.25, -0.2) is 13.4 Å². The molecule has 0 spiro atoms. The predicted octanol–water partition coefficient (Wildman–Crippen LogP) is 0.614. The Balaban J connectivity index is 1.90. The van der Waals surface area contributed by atoms with Crippen molar-refractivity contribution in [1.82, 2.24) is 15.3 Å². The van der Waals surface area contributed by atoms with Gasteiger partial charge < -0.3 is 10.3 Å². The van der Waals surface area contributed by atoms with E-state index in [1.54, 1.807) is 0 Å². The number of nitrogens with one attached hydrogen (secondary N) is 2. The Labute approximate surface area is 111 Å². The highest BCUT2D eigenvalue weighted by atomic mass is 32.2. The number of hydrogen-bond donors (Lipinski definition) is 2. The minimum absolute atomic E-state index is 0.0287. The monoisotopic (exact) mass is 281 g/mol. The van der Waals surface area contributed by atoms with Gasteiger partial charge in [-0.1, -0.05) is 12.1 Å². The zero-order valence-corrected chi connectivity index (χ0v) is 11.3. The fourth-order valence-corrected chi connectivity index (χ4v) is 2.19. The van der Waals surface area contributed by atoms with Crippen LogP contribution >= 0.6 is 0 Å². The largest absolute Gasteiger partial charge is 0.349 e. The second kappa shape index (κ2) is 5.40. The SMILES string of the molecule is CS(=O)(=O)CCC(=O)NCc1nc2ccccc2[nH]1. The third kappa shape index (κ3) is 4.06. The van der Waals surface area contributed by atoms with Crippen LogP contribution in [0.15, 0.2) is 24.3 Å². The molecule has 102 valence electrons. The number of para-hydroxylation sites is 2. The fourth-order valence-electron chi connectivity index (χ4n) is 1.64. The van der Waals surface area contributed by atoms with Crippen LogP contribution in [0.1, 0.15) is 12.2 Å². The van der Waals surface area contributed by atoms with Crippen LogP contribution in [-0.2, 0) is 21.2 Å². The maximum absolute atomic E-state index is 11.5.